The highest BCUT2D eigenvalue weighted by Gasteiger charge is 2.31. The fourth-order valence-corrected chi connectivity index (χ4v) is 1.70. The minimum Gasteiger partial charge on any atom is -0.406 e. The summed E-state index contributed by atoms with van der Waals surface area (Å²) < 4.78 is 40.1. The first-order valence-electron chi connectivity index (χ1n) is 5.98. The normalized spacial score (nSPS) is 11.3. The van der Waals surface area contributed by atoms with Crippen LogP contribution in [0.3, 0.4) is 0 Å². The average molecular weight is 298 g/mol. The predicted molar refractivity (Wildman–Crippen MR) is 71.4 cm³/mol. The van der Waals surface area contributed by atoms with Gasteiger partial charge in [0.25, 0.3) is 0 Å². The van der Waals surface area contributed by atoms with Crippen molar-refractivity contribution in [2.75, 3.05) is 5.43 Å². The summed E-state index contributed by atoms with van der Waals surface area (Å²) in [4.78, 5) is 8.50. The Kier molecular flexibility index (Phi) is 3.99. The standard InChI is InChI=1S/C13H13F3N4O/c1-7-8(2)18-12(19-11(7)20-17)9-3-5-10(6-4-9)21-13(14,15)16/h3-6H,17H2,1-2H3,(H,18,19,20). The molecule has 1 heterocycles. The first kappa shape index (κ1) is 15.0. The van der Waals surface area contributed by atoms with Crippen LogP contribution in [0, 0.1) is 13.8 Å². The lowest BCUT2D eigenvalue weighted by molar-refractivity contribution is -0.274. The third kappa shape index (κ3) is 3.60. The second kappa shape index (κ2) is 5.57. The Morgan fingerprint density at radius 1 is 1.10 bits per heavy atom. The van der Waals surface area contributed by atoms with Crippen LogP contribution in [-0.4, -0.2) is 16.3 Å². The van der Waals surface area contributed by atoms with Gasteiger partial charge >= 0.3 is 6.36 Å². The number of hydrazine groups is 1. The number of aryl methyl sites for hydroxylation is 1. The summed E-state index contributed by atoms with van der Waals surface area (Å²) in [6.07, 6.45) is -4.71. The number of benzene rings is 1. The molecule has 0 radical (unpaired) electrons. The molecule has 0 amide bonds. The van der Waals surface area contributed by atoms with Gasteiger partial charge in [0.15, 0.2) is 5.82 Å². The molecule has 0 aliphatic rings. The zero-order valence-electron chi connectivity index (χ0n) is 11.3. The third-order valence-corrected chi connectivity index (χ3v) is 2.87. The predicted octanol–water partition coefficient (Wildman–Crippen LogP) is 2.94. The van der Waals surface area contributed by atoms with Gasteiger partial charge in [-0.3, -0.25) is 0 Å². The molecule has 0 bridgehead atoms. The first-order chi connectivity index (χ1) is 9.80. The van der Waals surface area contributed by atoms with E-state index in [9.17, 15) is 13.2 Å². The molecule has 0 spiro atoms. The fourth-order valence-electron chi connectivity index (χ4n) is 1.70. The molecule has 0 aliphatic carbocycles. The Balaban J connectivity index is 2.33. The summed E-state index contributed by atoms with van der Waals surface area (Å²) in [7, 11) is 0. The number of alkyl halides is 3. The summed E-state index contributed by atoms with van der Waals surface area (Å²) in [6.45, 7) is 3.61. The Bertz CT molecular complexity index is 641. The highest BCUT2D eigenvalue weighted by atomic mass is 19.4. The van der Waals surface area contributed by atoms with Gasteiger partial charge in [0.2, 0.25) is 0 Å². The van der Waals surface area contributed by atoms with E-state index in [-0.39, 0.29) is 5.75 Å². The quantitative estimate of drug-likeness (QED) is 0.673. The number of ether oxygens (including phenoxy) is 1. The van der Waals surface area contributed by atoms with Gasteiger partial charge in [-0.2, -0.15) is 0 Å². The zero-order chi connectivity index (χ0) is 15.6. The van der Waals surface area contributed by atoms with E-state index in [4.69, 9.17) is 5.84 Å². The number of hydrogen-bond donors (Lipinski definition) is 2. The Morgan fingerprint density at radius 2 is 1.71 bits per heavy atom. The number of nitrogens with zero attached hydrogens (tertiary/aromatic N) is 2. The number of halogens is 3. The molecule has 21 heavy (non-hydrogen) atoms. The Morgan fingerprint density at radius 3 is 2.24 bits per heavy atom. The van der Waals surface area contributed by atoms with Crippen LogP contribution in [0.5, 0.6) is 5.75 Å². The molecular weight excluding hydrogens is 285 g/mol. The molecule has 2 aromatic rings. The molecule has 0 fully saturated rings. The maximum atomic E-state index is 12.1. The van der Waals surface area contributed by atoms with Crippen LogP contribution in [-0.2, 0) is 0 Å². The minimum absolute atomic E-state index is 0.299. The van der Waals surface area contributed by atoms with Crippen LogP contribution in [0.25, 0.3) is 11.4 Å². The van der Waals surface area contributed by atoms with E-state index in [0.717, 1.165) is 11.3 Å². The lowest BCUT2D eigenvalue weighted by Gasteiger charge is -2.11. The number of rotatable bonds is 3. The highest BCUT2D eigenvalue weighted by molar-refractivity contribution is 5.60. The molecular formula is C13H13F3N4O. The van der Waals surface area contributed by atoms with E-state index < -0.39 is 6.36 Å². The van der Waals surface area contributed by atoms with Gasteiger partial charge in [0.05, 0.1) is 0 Å². The Labute approximate surface area is 118 Å². The monoisotopic (exact) mass is 298 g/mol. The van der Waals surface area contributed by atoms with Gasteiger partial charge in [-0.15, -0.1) is 13.2 Å². The number of hydrogen-bond acceptors (Lipinski definition) is 5. The largest absolute Gasteiger partial charge is 0.573 e. The number of aromatic nitrogens is 2. The molecule has 0 unspecified atom stereocenters. The van der Waals surface area contributed by atoms with Gasteiger partial charge in [0, 0.05) is 16.8 Å². The van der Waals surface area contributed by atoms with Crippen LogP contribution >= 0.6 is 0 Å². The first-order valence-corrected chi connectivity index (χ1v) is 5.98. The van der Waals surface area contributed by atoms with Gasteiger partial charge < -0.3 is 10.2 Å². The second-order valence-corrected chi connectivity index (χ2v) is 4.32. The molecule has 2 rings (SSSR count). The number of nitrogens with two attached hydrogens (primary N) is 1. The fraction of sp³-hybridized carbons (Fsp3) is 0.231. The molecule has 0 saturated carbocycles. The molecule has 1 aromatic carbocycles. The van der Waals surface area contributed by atoms with Gasteiger partial charge in [-0.1, -0.05) is 0 Å². The number of nitrogens with one attached hydrogen (secondary N) is 1. The van der Waals surface area contributed by atoms with Crippen molar-refractivity contribution in [1.29, 1.82) is 0 Å². The van der Waals surface area contributed by atoms with E-state index in [2.05, 4.69) is 20.1 Å². The average Bonchev–Trinajstić information content (AvgIpc) is 2.41. The van der Waals surface area contributed by atoms with E-state index in [0.29, 0.717) is 17.2 Å². The maximum absolute atomic E-state index is 12.1. The molecule has 0 saturated heterocycles. The van der Waals surface area contributed by atoms with Crippen molar-refractivity contribution in [3.8, 4) is 17.1 Å². The molecule has 0 atom stereocenters. The van der Waals surface area contributed by atoms with Crippen LogP contribution < -0.4 is 16.0 Å². The zero-order valence-corrected chi connectivity index (χ0v) is 11.3. The third-order valence-electron chi connectivity index (χ3n) is 2.87. The lowest BCUT2D eigenvalue weighted by Crippen LogP contribution is -2.17. The SMILES string of the molecule is Cc1nc(-c2ccc(OC(F)(F)F)cc2)nc(NN)c1C. The highest BCUT2D eigenvalue weighted by Crippen LogP contribution is 2.26. The van der Waals surface area contributed by atoms with Crippen molar-refractivity contribution < 1.29 is 17.9 Å². The van der Waals surface area contributed by atoms with E-state index in [1.807, 2.05) is 6.92 Å². The topological polar surface area (TPSA) is 73.1 Å². The molecule has 0 aliphatic heterocycles. The Hall–Kier alpha value is -2.35. The van der Waals surface area contributed by atoms with E-state index in [1.165, 1.54) is 24.3 Å². The van der Waals surface area contributed by atoms with E-state index in [1.54, 1.807) is 6.92 Å². The smallest absolute Gasteiger partial charge is 0.406 e. The molecule has 1 aromatic heterocycles. The maximum Gasteiger partial charge on any atom is 0.573 e. The van der Waals surface area contributed by atoms with Gasteiger partial charge in [-0.25, -0.2) is 15.8 Å². The van der Waals surface area contributed by atoms with Crippen molar-refractivity contribution in [3.05, 3.63) is 35.5 Å². The van der Waals surface area contributed by atoms with Gasteiger partial charge in [-0.05, 0) is 38.1 Å². The summed E-state index contributed by atoms with van der Waals surface area (Å²) in [5.41, 5.74) is 4.55. The van der Waals surface area contributed by atoms with Crippen molar-refractivity contribution in [2.24, 2.45) is 5.84 Å². The molecule has 8 heteroatoms. The van der Waals surface area contributed by atoms with Crippen molar-refractivity contribution in [2.45, 2.75) is 20.2 Å². The second-order valence-electron chi connectivity index (χ2n) is 4.32. The van der Waals surface area contributed by atoms with Crippen molar-refractivity contribution >= 4 is 5.82 Å². The summed E-state index contributed by atoms with van der Waals surface area (Å²) in [6, 6.07) is 5.31. The van der Waals surface area contributed by atoms with Crippen molar-refractivity contribution in [3.63, 3.8) is 0 Å². The number of anilines is 1. The van der Waals surface area contributed by atoms with Gasteiger partial charge in [0.1, 0.15) is 11.6 Å². The van der Waals surface area contributed by atoms with Crippen LogP contribution in [0.2, 0.25) is 0 Å². The molecule has 5 nitrogen and oxygen atoms in total. The molecule has 3 N–H and O–H groups in total. The summed E-state index contributed by atoms with van der Waals surface area (Å²) in [5.74, 6) is 5.91. The lowest BCUT2D eigenvalue weighted by atomic mass is 10.2. The number of nitrogen functional groups attached to an aromatic ring is 1. The van der Waals surface area contributed by atoms with Crippen LogP contribution in [0.15, 0.2) is 24.3 Å². The van der Waals surface area contributed by atoms with Crippen molar-refractivity contribution in [1.82, 2.24) is 9.97 Å². The summed E-state index contributed by atoms with van der Waals surface area (Å²) >= 11 is 0. The van der Waals surface area contributed by atoms with E-state index >= 15 is 0 Å². The van der Waals surface area contributed by atoms with Crippen LogP contribution in [0.1, 0.15) is 11.3 Å². The minimum atomic E-state index is -4.71. The van der Waals surface area contributed by atoms with Crippen LogP contribution in [0.4, 0.5) is 19.0 Å². The molecule has 112 valence electrons. The summed E-state index contributed by atoms with van der Waals surface area (Å²) in [5, 5.41) is 0.